The van der Waals surface area contributed by atoms with Crippen LogP contribution in [0.25, 0.3) is 10.6 Å². The highest BCUT2D eigenvalue weighted by atomic mass is 32.1. The maximum Gasteiger partial charge on any atom is 0.275 e. The zero-order valence-corrected chi connectivity index (χ0v) is 16.3. The number of rotatable bonds is 4. The highest BCUT2D eigenvalue weighted by Crippen LogP contribution is 2.32. The van der Waals surface area contributed by atoms with Crippen LogP contribution < -0.4 is 10.1 Å². The van der Waals surface area contributed by atoms with Crippen LogP contribution in [0.3, 0.4) is 0 Å². The van der Waals surface area contributed by atoms with Crippen LogP contribution in [0.15, 0.2) is 40.4 Å². The number of methoxy groups -OCH3 is 1. The van der Waals surface area contributed by atoms with Crippen molar-refractivity contribution in [2.75, 3.05) is 12.4 Å². The Morgan fingerprint density at radius 2 is 2.00 bits per heavy atom. The van der Waals surface area contributed by atoms with Crippen LogP contribution in [0, 0.1) is 0 Å². The Morgan fingerprint density at radius 3 is 2.64 bits per heavy atom. The first-order valence-electron chi connectivity index (χ1n) is 7.86. The van der Waals surface area contributed by atoms with E-state index in [1.54, 1.807) is 23.8 Å². The Bertz CT molecular complexity index is 877. The van der Waals surface area contributed by atoms with Crippen LogP contribution in [0.1, 0.15) is 36.8 Å². The molecule has 0 atom stereocenters. The molecule has 1 N–H and O–H groups in total. The summed E-state index contributed by atoms with van der Waals surface area (Å²) in [6.07, 6.45) is 0. The third-order valence-electron chi connectivity index (χ3n) is 3.82. The van der Waals surface area contributed by atoms with Crippen molar-refractivity contribution < 1.29 is 9.53 Å². The number of hydrogen-bond acceptors (Lipinski definition) is 5. The van der Waals surface area contributed by atoms with Gasteiger partial charge in [0.1, 0.15) is 16.5 Å². The summed E-state index contributed by atoms with van der Waals surface area (Å²) in [5.74, 6) is 0.400. The van der Waals surface area contributed by atoms with E-state index < -0.39 is 0 Å². The molecule has 0 unspecified atom stereocenters. The molecule has 0 radical (unpaired) electrons. The van der Waals surface area contributed by atoms with E-state index >= 15 is 0 Å². The number of hydrogen-bond donors (Lipinski definition) is 1. The maximum absolute atomic E-state index is 12.6. The van der Waals surface area contributed by atoms with E-state index in [2.05, 4.69) is 31.1 Å². The van der Waals surface area contributed by atoms with Gasteiger partial charge in [0.05, 0.1) is 12.8 Å². The van der Waals surface area contributed by atoms with Gasteiger partial charge in [-0.05, 0) is 34.6 Å². The first-order chi connectivity index (χ1) is 11.9. The number of ether oxygens (including phenoxy) is 1. The topological polar surface area (TPSA) is 51.2 Å². The van der Waals surface area contributed by atoms with E-state index in [-0.39, 0.29) is 11.3 Å². The van der Waals surface area contributed by atoms with Gasteiger partial charge in [0.2, 0.25) is 0 Å². The van der Waals surface area contributed by atoms with E-state index in [1.165, 1.54) is 11.3 Å². The molecule has 2 heterocycles. The molecule has 25 heavy (non-hydrogen) atoms. The molecular weight excluding hydrogens is 352 g/mol. The maximum atomic E-state index is 12.6. The lowest BCUT2D eigenvalue weighted by molar-refractivity contribution is 0.102. The predicted octanol–water partition coefficient (Wildman–Crippen LogP) is 5.43. The second kappa shape index (κ2) is 6.98. The molecule has 0 aliphatic heterocycles. The lowest BCUT2D eigenvalue weighted by Gasteiger charge is -2.21. The number of amides is 1. The van der Waals surface area contributed by atoms with E-state index in [0.717, 1.165) is 16.1 Å². The normalized spacial score (nSPS) is 11.4. The molecule has 0 saturated carbocycles. The van der Waals surface area contributed by atoms with Crippen molar-refractivity contribution in [1.29, 1.82) is 0 Å². The quantitative estimate of drug-likeness (QED) is 0.664. The molecule has 3 aromatic rings. The van der Waals surface area contributed by atoms with E-state index in [4.69, 9.17) is 4.74 Å². The van der Waals surface area contributed by atoms with E-state index in [1.807, 2.05) is 35.0 Å². The van der Waals surface area contributed by atoms with Gasteiger partial charge in [-0.15, -0.1) is 11.3 Å². The first kappa shape index (κ1) is 17.6. The van der Waals surface area contributed by atoms with E-state index in [9.17, 15) is 4.79 Å². The summed E-state index contributed by atoms with van der Waals surface area (Å²) in [5, 5.41) is 9.58. The summed E-state index contributed by atoms with van der Waals surface area (Å²) < 4.78 is 5.38. The smallest absolute Gasteiger partial charge is 0.275 e. The standard InChI is InChI=1S/C19H20N2O2S2/c1-19(2,3)13-5-6-16(23-4)14(9-13)20-17(22)15-11-25-18(21-15)12-7-8-24-10-12/h5-11H,1-4H3,(H,20,22). The van der Waals surface area contributed by atoms with Gasteiger partial charge in [-0.2, -0.15) is 11.3 Å². The molecule has 4 nitrogen and oxygen atoms in total. The summed E-state index contributed by atoms with van der Waals surface area (Å²) in [5.41, 5.74) is 3.22. The summed E-state index contributed by atoms with van der Waals surface area (Å²) in [4.78, 5) is 17.1. The lowest BCUT2D eigenvalue weighted by atomic mass is 9.87. The third kappa shape index (κ3) is 3.91. The molecule has 6 heteroatoms. The number of nitrogens with zero attached hydrogens (tertiary/aromatic N) is 1. The van der Waals surface area contributed by atoms with Gasteiger partial charge in [-0.3, -0.25) is 4.79 Å². The van der Waals surface area contributed by atoms with Gasteiger partial charge in [0, 0.05) is 16.3 Å². The van der Waals surface area contributed by atoms with Crippen LogP contribution in [0.4, 0.5) is 5.69 Å². The van der Waals surface area contributed by atoms with Gasteiger partial charge in [0.15, 0.2) is 0 Å². The van der Waals surface area contributed by atoms with Crippen LogP contribution >= 0.6 is 22.7 Å². The Kier molecular flexibility index (Phi) is 4.92. The minimum absolute atomic E-state index is 0.0154. The van der Waals surface area contributed by atoms with Crippen LogP contribution in [0.2, 0.25) is 0 Å². The molecule has 3 rings (SSSR count). The number of carbonyl (C=O) groups excluding carboxylic acids is 1. The number of thiophene rings is 1. The zero-order valence-electron chi connectivity index (χ0n) is 14.6. The Balaban J connectivity index is 1.85. The fraction of sp³-hybridized carbons (Fsp3) is 0.263. The number of benzene rings is 1. The average molecular weight is 373 g/mol. The van der Waals surface area contributed by atoms with Crippen molar-refractivity contribution in [2.45, 2.75) is 26.2 Å². The van der Waals surface area contributed by atoms with Gasteiger partial charge in [-0.1, -0.05) is 26.8 Å². The van der Waals surface area contributed by atoms with E-state index in [0.29, 0.717) is 17.1 Å². The first-order valence-corrected chi connectivity index (χ1v) is 9.68. The fourth-order valence-electron chi connectivity index (χ4n) is 2.36. The second-order valence-electron chi connectivity index (χ2n) is 6.67. The molecule has 0 saturated heterocycles. The molecule has 1 amide bonds. The SMILES string of the molecule is COc1ccc(C(C)(C)C)cc1NC(=O)c1csc(-c2ccsc2)n1. The monoisotopic (exact) mass is 372 g/mol. The van der Waals surface area contributed by atoms with Gasteiger partial charge < -0.3 is 10.1 Å². The average Bonchev–Trinajstić information content (AvgIpc) is 3.25. The minimum atomic E-state index is -0.234. The van der Waals surface area contributed by atoms with Crippen LogP contribution in [-0.2, 0) is 5.41 Å². The third-order valence-corrected chi connectivity index (χ3v) is 5.39. The predicted molar refractivity (Wildman–Crippen MR) is 105 cm³/mol. The molecule has 0 aliphatic carbocycles. The Morgan fingerprint density at radius 1 is 1.20 bits per heavy atom. The number of aromatic nitrogens is 1. The van der Waals surface area contributed by atoms with Gasteiger partial charge >= 0.3 is 0 Å². The second-order valence-corrected chi connectivity index (χ2v) is 8.31. The van der Waals surface area contributed by atoms with Crippen molar-refractivity contribution >= 4 is 34.3 Å². The summed E-state index contributed by atoms with van der Waals surface area (Å²) in [6, 6.07) is 7.87. The van der Waals surface area contributed by atoms with Crippen molar-refractivity contribution in [2.24, 2.45) is 0 Å². The lowest BCUT2D eigenvalue weighted by Crippen LogP contribution is -2.15. The molecule has 130 valence electrons. The zero-order chi connectivity index (χ0) is 18.0. The van der Waals surface area contributed by atoms with Crippen molar-refractivity contribution in [3.8, 4) is 16.3 Å². The number of thiazole rings is 1. The highest BCUT2D eigenvalue weighted by Gasteiger charge is 2.18. The highest BCUT2D eigenvalue weighted by molar-refractivity contribution is 7.14. The number of anilines is 1. The Labute approximate surface area is 155 Å². The largest absolute Gasteiger partial charge is 0.495 e. The van der Waals surface area contributed by atoms with Crippen LogP contribution in [0.5, 0.6) is 5.75 Å². The van der Waals surface area contributed by atoms with Crippen molar-refractivity contribution in [3.63, 3.8) is 0 Å². The molecule has 0 aliphatic rings. The minimum Gasteiger partial charge on any atom is -0.495 e. The van der Waals surface area contributed by atoms with Crippen LogP contribution in [-0.4, -0.2) is 18.0 Å². The Hall–Kier alpha value is -2.18. The molecule has 0 bridgehead atoms. The summed E-state index contributed by atoms with van der Waals surface area (Å²) in [6.45, 7) is 6.40. The molecular formula is C19H20N2O2S2. The number of nitrogens with one attached hydrogen (secondary N) is 1. The van der Waals surface area contributed by atoms with Gasteiger partial charge in [-0.25, -0.2) is 4.98 Å². The summed E-state index contributed by atoms with van der Waals surface area (Å²) >= 11 is 3.08. The van der Waals surface area contributed by atoms with Gasteiger partial charge in [0.25, 0.3) is 5.91 Å². The number of carbonyl (C=O) groups is 1. The van der Waals surface area contributed by atoms with Crippen molar-refractivity contribution in [1.82, 2.24) is 4.98 Å². The molecule has 0 fully saturated rings. The molecule has 0 spiro atoms. The van der Waals surface area contributed by atoms with Crippen molar-refractivity contribution in [3.05, 3.63) is 51.7 Å². The summed E-state index contributed by atoms with van der Waals surface area (Å²) in [7, 11) is 1.60. The molecule has 1 aromatic carbocycles. The fourth-order valence-corrected chi connectivity index (χ4v) is 3.87. The molecule has 2 aromatic heterocycles.